The van der Waals surface area contributed by atoms with Gasteiger partial charge in [0.25, 0.3) is 0 Å². The molecule has 0 radical (unpaired) electrons. The summed E-state index contributed by atoms with van der Waals surface area (Å²) < 4.78 is 6.81. The molecule has 0 saturated carbocycles. The fraction of sp³-hybridized carbons (Fsp3) is 0.250. The van der Waals surface area contributed by atoms with E-state index in [0.717, 1.165) is 17.0 Å². The van der Waals surface area contributed by atoms with E-state index in [4.69, 9.17) is 10.00 Å². The van der Waals surface area contributed by atoms with Gasteiger partial charge in [0.1, 0.15) is 17.5 Å². The van der Waals surface area contributed by atoms with Crippen LogP contribution in [0, 0.1) is 11.3 Å². The summed E-state index contributed by atoms with van der Waals surface area (Å²) >= 11 is 0. The molecule has 0 unspecified atom stereocenters. The molecule has 0 aliphatic rings. The van der Waals surface area contributed by atoms with Crippen LogP contribution in [0.3, 0.4) is 0 Å². The largest absolute Gasteiger partial charge is 0.497 e. The lowest BCUT2D eigenvalue weighted by Gasteiger charge is -2.05. The number of aryl methyl sites for hydroxylation is 1. The Morgan fingerprint density at radius 3 is 2.59 bits per heavy atom. The third-order valence-corrected chi connectivity index (χ3v) is 2.50. The highest BCUT2D eigenvalue weighted by Gasteiger charge is 2.13. The van der Waals surface area contributed by atoms with Crippen molar-refractivity contribution >= 4 is 0 Å². The van der Waals surface area contributed by atoms with E-state index < -0.39 is 0 Å². The summed E-state index contributed by atoms with van der Waals surface area (Å²) in [7, 11) is 1.62. The van der Waals surface area contributed by atoms with Crippen LogP contribution in [0.25, 0.3) is 11.3 Å². The molecule has 0 aliphatic heterocycles. The molecule has 0 N–H and O–H groups in total. The van der Waals surface area contributed by atoms with Crippen LogP contribution < -0.4 is 4.74 Å². The quantitative estimate of drug-likeness (QED) is 0.804. The Bertz CT molecular complexity index is 551. The average molecular weight is 228 g/mol. The Morgan fingerprint density at radius 1 is 1.35 bits per heavy atom. The lowest BCUT2D eigenvalue weighted by Crippen LogP contribution is -1.99. The molecule has 0 atom stereocenters. The van der Waals surface area contributed by atoms with Gasteiger partial charge >= 0.3 is 0 Å². The van der Waals surface area contributed by atoms with Gasteiger partial charge < -0.3 is 4.74 Å². The molecule has 0 bridgehead atoms. The molecule has 17 heavy (non-hydrogen) atoms. The number of rotatable bonds is 3. The second-order valence-electron chi connectivity index (χ2n) is 3.44. The maximum atomic E-state index is 9.00. The molecule has 1 aromatic heterocycles. The van der Waals surface area contributed by atoms with Crippen molar-refractivity contribution in [2.24, 2.45) is 0 Å². The highest BCUT2D eigenvalue weighted by atomic mass is 16.5. The van der Waals surface area contributed by atoms with Crippen molar-refractivity contribution in [2.75, 3.05) is 7.11 Å². The smallest absolute Gasteiger partial charge is 0.190 e. The van der Waals surface area contributed by atoms with Crippen molar-refractivity contribution in [3.8, 4) is 23.1 Å². The van der Waals surface area contributed by atoms with Crippen molar-refractivity contribution < 1.29 is 4.74 Å². The molecule has 0 fully saturated rings. The van der Waals surface area contributed by atoms with Gasteiger partial charge in [0.15, 0.2) is 5.69 Å². The molecule has 0 amide bonds. The van der Waals surface area contributed by atoms with E-state index in [9.17, 15) is 0 Å². The SMILES string of the molecule is CCn1nnc(C#N)c1-c1ccc(OC)cc1. The summed E-state index contributed by atoms with van der Waals surface area (Å²) in [6.45, 7) is 2.64. The molecule has 2 aromatic rings. The number of nitrogens with zero attached hydrogens (tertiary/aromatic N) is 4. The minimum absolute atomic E-state index is 0.344. The Kier molecular flexibility index (Phi) is 3.06. The molecule has 2 rings (SSSR count). The zero-order chi connectivity index (χ0) is 12.3. The number of hydrogen-bond acceptors (Lipinski definition) is 4. The van der Waals surface area contributed by atoms with Gasteiger partial charge in [-0.15, -0.1) is 5.10 Å². The van der Waals surface area contributed by atoms with Crippen molar-refractivity contribution in [3.63, 3.8) is 0 Å². The third-order valence-electron chi connectivity index (χ3n) is 2.50. The third kappa shape index (κ3) is 1.97. The minimum atomic E-state index is 0.344. The van der Waals surface area contributed by atoms with E-state index in [-0.39, 0.29) is 0 Å². The second kappa shape index (κ2) is 4.66. The van der Waals surface area contributed by atoms with Crippen molar-refractivity contribution in [3.05, 3.63) is 30.0 Å². The highest BCUT2D eigenvalue weighted by molar-refractivity contribution is 5.65. The van der Waals surface area contributed by atoms with Gasteiger partial charge in [0.2, 0.25) is 0 Å². The molecule has 86 valence electrons. The number of benzene rings is 1. The van der Waals surface area contributed by atoms with Gasteiger partial charge in [-0.25, -0.2) is 4.68 Å². The number of nitriles is 1. The fourth-order valence-electron chi connectivity index (χ4n) is 1.64. The fourth-order valence-corrected chi connectivity index (χ4v) is 1.64. The first-order chi connectivity index (χ1) is 8.30. The van der Waals surface area contributed by atoms with Crippen molar-refractivity contribution in [1.82, 2.24) is 15.0 Å². The Hall–Kier alpha value is -2.35. The molecule has 0 saturated heterocycles. The number of aromatic nitrogens is 3. The summed E-state index contributed by atoms with van der Waals surface area (Å²) in [6.07, 6.45) is 0. The van der Waals surface area contributed by atoms with Gasteiger partial charge in [-0.3, -0.25) is 0 Å². The van der Waals surface area contributed by atoms with E-state index in [1.807, 2.05) is 31.2 Å². The van der Waals surface area contributed by atoms with E-state index >= 15 is 0 Å². The lowest BCUT2D eigenvalue weighted by atomic mass is 10.1. The van der Waals surface area contributed by atoms with Crippen molar-refractivity contribution in [2.45, 2.75) is 13.5 Å². The summed E-state index contributed by atoms with van der Waals surface area (Å²) in [5, 5.41) is 16.8. The number of methoxy groups -OCH3 is 1. The van der Waals surface area contributed by atoms with Gasteiger partial charge in [-0.05, 0) is 31.2 Å². The first-order valence-corrected chi connectivity index (χ1v) is 5.28. The van der Waals surface area contributed by atoms with E-state index in [1.165, 1.54) is 0 Å². The van der Waals surface area contributed by atoms with Gasteiger partial charge in [0.05, 0.1) is 7.11 Å². The van der Waals surface area contributed by atoms with E-state index in [1.54, 1.807) is 11.8 Å². The second-order valence-corrected chi connectivity index (χ2v) is 3.44. The molecule has 0 spiro atoms. The lowest BCUT2D eigenvalue weighted by molar-refractivity contribution is 0.415. The van der Waals surface area contributed by atoms with Crippen LogP contribution in [0.4, 0.5) is 0 Å². The number of ether oxygens (including phenoxy) is 1. The molecular weight excluding hydrogens is 216 g/mol. The summed E-state index contributed by atoms with van der Waals surface area (Å²) in [4.78, 5) is 0. The predicted octanol–water partition coefficient (Wildman–Crippen LogP) is 1.85. The highest BCUT2D eigenvalue weighted by Crippen LogP contribution is 2.24. The zero-order valence-electron chi connectivity index (χ0n) is 9.71. The molecular formula is C12H12N4O. The molecule has 5 heteroatoms. The molecule has 1 aromatic carbocycles. The first kappa shape index (κ1) is 11.1. The Labute approximate surface area is 99.2 Å². The summed E-state index contributed by atoms with van der Waals surface area (Å²) in [5.74, 6) is 0.780. The first-order valence-electron chi connectivity index (χ1n) is 5.28. The molecule has 1 heterocycles. The average Bonchev–Trinajstić information content (AvgIpc) is 2.81. The van der Waals surface area contributed by atoms with Gasteiger partial charge in [0, 0.05) is 12.1 Å². The van der Waals surface area contributed by atoms with E-state index in [2.05, 4.69) is 16.4 Å². The van der Waals surface area contributed by atoms with Gasteiger partial charge in [-0.2, -0.15) is 5.26 Å². The van der Waals surface area contributed by atoms with Crippen LogP contribution in [0.15, 0.2) is 24.3 Å². The monoisotopic (exact) mass is 228 g/mol. The van der Waals surface area contributed by atoms with Crippen LogP contribution in [-0.4, -0.2) is 22.1 Å². The van der Waals surface area contributed by atoms with Crippen LogP contribution in [-0.2, 0) is 6.54 Å². The minimum Gasteiger partial charge on any atom is -0.497 e. The van der Waals surface area contributed by atoms with Crippen molar-refractivity contribution in [1.29, 1.82) is 5.26 Å². The van der Waals surface area contributed by atoms with Crippen LogP contribution in [0.2, 0.25) is 0 Å². The van der Waals surface area contributed by atoms with Crippen LogP contribution in [0.1, 0.15) is 12.6 Å². The Balaban J connectivity index is 2.51. The van der Waals surface area contributed by atoms with E-state index in [0.29, 0.717) is 12.2 Å². The molecule has 5 nitrogen and oxygen atoms in total. The molecule has 0 aliphatic carbocycles. The standard InChI is InChI=1S/C12H12N4O/c1-3-16-12(11(8-13)14-15-16)9-4-6-10(17-2)7-5-9/h4-7H,3H2,1-2H3. The summed E-state index contributed by atoms with van der Waals surface area (Å²) in [6, 6.07) is 9.54. The maximum absolute atomic E-state index is 9.00. The van der Waals surface area contributed by atoms with Crippen LogP contribution >= 0.6 is 0 Å². The summed E-state index contributed by atoms with van der Waals surface area (Å²) in [5.41, 5.74) is 2.00. The Morgan fingerprint density at radius 2 is 2.06 bits per heavy atom. The van der Waals surface area contributed by atoms with Gasteiger partial charge in [-0.1, -0.05) is 5.21 Å². The normalized spacial score (nSPS) is 9.94. The zero-order valence-corrected chi connectivity index (χ0v) is 9.71. The predicted molar refractivity (Wildman–Crippen MR) is 62.4 cm³/mol. The maximum Gasteiger partial charge on any atom is 0.190 e. The van der Waals surface area contributed by atoms with Crippen LogP contribution in [0.5, 0.6) is 5.75 Å². The number of hydrogen-bond donors (Lipinski definition) is 0. The topological polar surface area (TPSA) is 63.7 Å².